The van der Waals surface area contributed by atoms with Gasteiger partial charge in [0.1, 0.15) is 5.75 Å². The van der Waals surface area contributed by atoms with Crippen LogP contribution in [-0.4, -0.2) is 54.9 Å². The quantitative estimate of drug-likeness (QED) is 0.332. The summed E-state index contributed by atoms with van der Waals surface area (Å²) in [6, 6.07) is 12.3. The number of ketones is 1. The van der Waals surface area contributed by atoms with Crippen LogP contribution in [0.2, 0.25) is 0 Å². The second-order valence-electron chi connectivity index (χ2n) is 8.24. The van der Waals surface area contributed by atoms with Crippen LogP contribution in [0, 0.1) is 13.8 Å². The Kier molecular flexibility index (Phi) is 8.24. The van der Waals surface area contributed by atoms with E-state index in [2.05, 4.69) is 0 Å². The molecule has 1 saturated heterocycles. The maximum absolute atomic E-state index is 13.0. The zero-order valence-corrected chi connectivity index (χ0v) is 20.2. The molecule has 35 heavy (non-hydrogen) atoms. The number of benzene rings is 2. The molecule has 9 nitrogen and oxygen atoms in total. The van der Waals surface area contributed by atoms with Gasteiger partial charge >= 0.3 is 17.9 Å². The molecule has 1 fully saturated rings. The predicted octanol–water partition coefficient (Wildman–Crippen LogP) is 3.06. The van der Waals surface area contributed by atoms with E-state index >= 15 is 0 Å². The number of hydrogen-bond acceptors (Lipinski definition) is 9. The van der Waals surface area contributed by atoms with Crippen LogP contribution in [0.15, 0.2) is 42.5 Å². The summed E-state index contributed by atoms with van der Waals surface area (Å²) < 4.78 is 27.6. The molecule has 186 valence electrons. The second-order valence-corrected chi connectivity index (χ2v) is 8.24. The summed E-state index contributed by atoms with van der Waals surface area (Å²) in [7, 11) is 0. The van der Waals surface area contributed by atoms with E-state index in [-0.39, 0.29) is 12.4 Å². The van der Waals surface area contributed by atoms with Crippen LogP contribution in [0.1, 0.15) is 47.8 Å². The lowest BCUT2D eigenvalue weighted by atomic mass is 9.98. The van der Waals surface area contributed by atoms with E-state index in [0.29, 0.717) is 22.4 Å². The van der Waals surface area contributed by atoms with Crippen LogP contribution < -0.4 is 4.74 Å². The highest BCUT2D eigenvalue weighted by Gasteiger charge is 2.48. The number of carbonyl (C=O) groups excluding carboxylic acids is 4. The summed E-state index contributed by atoms with van der Waals surface area (Å²) in [5.41, 5.74) is 2.60. The number of carbonyl (C=O) groups is 4. The van der Waals surface area contributed by atoms with Crippen molar-refractivity contribution < 1.29 is 42.9 Å². The molecule has 0 saturated carbocycles. The molecule has 2 aromatic carbocycles. The van der Waals surface area contributed by atoms with Gasteiger partial charge in [-0.3, -0.25) is 19.2 Å². The monoisotopic (exact) mass is 484 g/mol. The fraction of sp³-hybridized carbons (Fsp3) is 0.385. The van der Waals surface area contributed by atoms with E-state index in [1.54, 1.807) is 31.2 Å². The summed E-state index contributed by atoms with van der Waals surface area (Å²) >= 11 is 0. The SMILES string of the molecule is CC(=O)O[C@@H]1[C@@H](OC(C)=O)[C@H](Oc2ccc(C(=O)c3ccccc3C)cc2C)OC[C@H]1OC(C)=O. The normalized spacial score (nSPS) is 21.5. The second kappa shape index (κ2) is 11.1. The van der Waals surface area contributed by atoms with Crippen molar-refractivity contribution in [3.05, 3.63) is 64.7 Å². The zero-order valence-electron chi connectivity index (χ0n) is 20.2. The number of ether oxygens (including phenoxy) is 5. The fourth-order valence-corrected chi connectivity index (χ4v) is 3.84. The number of aryl methyl sites for hydroxylation is 2. The first-order chi connectivity index (χ1) is 16.6. The summed E-state index contributed by atoms with van der Waals surface area (Å²) in [6.45, 7) is 7.07. The smallest absolute Gasteiger partial charge is 0.303 e. The van der Waals surface area contributed by atoms with E-state index in [1.807, 2.05) is 25.1 Å². The Morgan fingerprint density at radius 2 is 1.43 bits per heavy atom. The largest absolute Gasteiger partial charge is 0.460 e. The lowest BCUT2D eigenvalue weighted by Gasteiger charge is -2.40. The summed E-state index contributed by atoms with van der Waals surface area (Å²) in [5.74, 6) is -1.67. The Labute approximate surface area is 203 Å². The Morgan fingerprint density at radius 1 is 0.800 bits per heavy atom. The molecule has 0 unspecified atom stereocenters. The average Bonchev–Trinajstić information content (AvgIpc) is 2.77. The molecule has 0 amide bonds. The van der Waals surface area contributed by atoms with Crippen LogP contribution in [0.3, 0.4) is 0 Å². The van der Waals surface area contributed by atoms with Gasteiger partial charge < -0.3 is 23.7 Å². The number of rotatable bonds is 7. The molecule has 1 aliphatic rings. The first-order valence-electron chi connectivity index (χ1n) is 11.1. The summed E-state index contributed by atoms with van der Waals surface area (Å²) in [4.78, 5) is 48.0. The molecule has 3 rings (SSSR count). The minimum Gasteiger partial charge on any atom is -0.460 e. The van der Waals surface area contributed by atoms with E-state index < -0.39 is 42.5 Å². The molecule has 0 bridgehead atoms. The van der Waals surface area contributed by atoms with Crippen molar-refractivity contribution in [1.29, 1.82) is 0 Å². The van der Waals surface area contributed by atoms with Gasteiger partial charge in [0.05, 0.1) is 6.61 Å². The van der Waals surface area contributed by atoms with Crippen molar-refractivity contribution in [2.45, 2.75) is 59.2 Å². The van der Waals surface area contributed by atoms with Crippen molar-refractivity contribution in [1.82, 2.24) is 0 Å². The zero-order chi connectivity index (χ0) is 25.7. The molecule has 2 aromatic rings. The first kappa shape index (κ1) is 25.9. The van der Waals surface area contributed by atoms with Crippen molar-refractivity contribution in [3.8, 4) is 5.75 Å². The Morgan fingerprint density at radius 3 is 2.03 bits per heavy atom. The van der Waals surface area contributed by atoms with E-state index in [0.717, 1.165) is 5.56 Å². The van der Waals surface area contributed by atoms with E-state index in [9.17, 15) is 19.2 Å². The maximum Gasteiger partial charge on any atom is 0.303 e. The molecular formula is C26H28O9. The predicted molar refractivity (Wildman–Crippen MR) is 123 cm³/mol. The van der Waals surface area contributed by atoms with Crippen LogP contribution in [0.4, 0.5) is 0 Å². The minimum absolute atomic E-state index is 0.122. The van der Waals surface area contributed by atoms with Crippen LogP contribution in [0.5, 0.6) is 5.75 Å². The Balaban J connectivity index is 1.86. The molecule has 0 spiro atoms. The van der Waals surface area contributed by atoms with Crippen LogP contribution >= 0.6 is 0 Å². The molecule has 4 atom stereocenters. The molecule has 0 N–H and O–H groups in total. The van der Waals surface area contributed by atoms with Crippen molar-refractivity contribution in [2.75, 3.05) is 6.61 Å². The van der Waals surface area contributed by atoms with Gasteiger partial charge in [0.2, 0.25) is 12.4 Å². The molecular weight excluding hydrogens is 456 g/mol. The Bertz CT molecular complexity index is 1120. The summed E-state index contributed by atoms with van der Waals surface area (Å²) in [6.07, 6.45) is -4.49. The van der Waals surface area contributed by atoms with E-state index in [1.165, 1.54) is 20.8 Å². The minimum atomic E-state index is -1.21. The van der Waals surface area contributed by atoms with Gasteiger partial charge in [0.25, 0.3) is 0 Å². The molecule has 0 radical (unpaired) electrons. The third-order valence-corrected chi connectivity index (χ3v) is 5.37. The van der Waals surface area contributed by atoms with Gasteiger partial charge in [0.15, 0.2) is 18.0 Å². The highest BCUT2D eigenvalue weighted by Crippen LogP contribution is 2.29. The van der Waals surface area contributed by atoms with Crippen molar-refractivity contribution in [2.24, 2.45) is 0 Å². The third-order valence-electron chi connectivity index (χ3n) is 5.37. The molecule has 9 heteroatoms. The molecule has 0 aliphatic carbocycles. The van der Waals surface area contributed by atoms with Crippen molar-refractivity contribution in [3.63, 3.8) is 0 Å². The topological polar surface area (TPSA) is 114 Å². The number of esters is 3. The Hall–Kier alpha value is -3.72. The molecule has 1 aliphatic heterocycles. The fourth-order valence-electron chi connectivity index (χ4n) is 3.84. The van der Waals surface area contributed by atoms with Gasteiger partial charge in [-0.1, -0.05) is 24.3 Å². The lowest BCUT2D eigenvalue weighted by Crippen LogP contribution is -2.59. The highest BCUT2D eigenvalue weighted by atomic mass is 16.7. The molecule has 0 aromatic heterocycles. The average molecular weight is 485 g/mol. The highest BCUT2D eigenvalue weighted by molar-refractivity contribution is 6.10. The first-order valence-corrected chi connectivity index (χ1v) is 11.1. The van der Waals surface area contributed by atoms with Crippen LogP contribution in [-0.2, 0) is 33.3 Å². The van der Waals surface area contributed by atoms with Gasteiger partial charge in [0, 0.05) is 31.9 Å². The van der Waals surface area contributed by atoms with Gasteiger partial charge in [-0.25, -0.2) is 0 Å². The lowest BCUT2D eigenvalue weighted by molar-refractivity contribution is -0.259. The standard InChI is InChI=1S/C26H28O9/c1-14-8-6-7-9-20(14)23(30)19-10-11-21(15(2)12-19)35-26-25(34-18(5)29)24(33-17(4)28)22(13-31-26)32-16(3)27/h6-12,22,24-26H,13H2,1-5H3/t22-,24+,25-,26+/m1/s1. The van der Waals surface area contributed by atoms with E-state index in [4.69, 9.17) is 23.7 Å². The van der Waals surface area contributed by atoms with Gasteiger partial charge in [-0.2, -0.15) is 0 Å². The van der Waals surface area contributed by atoms with Crippen LogP contribution in [0.25, 0.3) is 0 Å². The summed E-state index contributed by atoms with van der Waals surface area (Å²) in [5, 5.41) is 0. The van der Waals surface area contributed by atoms with Gasteiger partial charge in [-0.05, 0) is 43.2 Å². The third kappa shape index (κ3) is 6.45. The van der Waals surface area contributed by atoms with Crippen molar-refractivity contribution >= 4 is 23.7 Å². The van der Waals surface area contributed by atoms with Gasteiger partial charge in [-0.15, -0.1) is 0 Å². The number of hydrogen-bond donors (Lipinski definition) is 0. The molecule has 1 heterocycles. The maximum atomic E-state index is 13.0.